The van der Waals surface area contributed by atoms with Crippen LogP contribution in [0.25, 0.3) is 0 Å². The first-order valence-electron chi connectivity index (χ1n) is 10.0. The molecular formula is C23H22FN3O4. The second-order valence-electron chi connectivity index (χ2n) is 8.33. The number of halogens is 1. The van der Waals surface area contributed by atoms with Gasteiger partial charge in [-0.2, -0.15) is 0 Å². The van der Waals surface area contributed by atoms with Gasteiger partial charge in [-0.05, 0) is 49.6 Å². The fraction of sp³-hybridized carbons (Fsp3) is 0.304. The molecular weight excluding hydrogens is 401 g/mol. The second-order valence-corrected chi connectivity index (χ2v) is 8.33. The van der Waals surface area contributed by atoms with E-state index in [2.05, 4.69) is 10.6 Å². The lowest BCUT2D eigenvalue weighted by atomic mass is 9.93. The molecule has 2 aliphatic rings. The van der Waals surface area contributed by atoms with Gasteiger partial charge < -0.3 is 10.2 Å². The lowest BCUT2D eigenvalue weighted by molar-refractivity contribution is -0.136. The highest BCUT2D eigenvalue weighted by molar-refractivity contribution is 6.11. The molecule has 2 aromatic carbocycles. The molecule has 4 rings (SSSR count). The van der Waals surface area contributed by atoms with Gasteiger partial charge in [0.05, 0.1) is 16.7 Å². The van der Waals surface area contributed by atoms with Gasteiger partial charge in [0, 0.05) is 13.0 Å². The molecule has 160 valence electrons. The van der Waals surface area contributed by atoms with E-state index in [1.165, 1.54) is 17.0 Å². The van der Waals surface area contributed by atoms with Crippen molar-refractivity contribution in [2.75, 3.05) is 0 Å². The van der Waals surface area contributed by atoms with Gasteiger partial charge in [-0.3, -0.25) is 24.5 Å². The number of imide groups is 1. The molecule has 1 atom stereocenters. The van der Waals surface area contributed by atoms with Crippen LogP contribution in [-0.2, 0) is 21.7 Å². The molecule has 4 amide bonds. The van der Waals surface area contributed by atoms with Crippen molar-refractivity contribution in [3.05, 3.63) is 70.5 Å². The summed E-state index contributed by atoms with van der Waals surface area (Å²) in [5.74, 6) is -2.07. The molecule has 31 heavy (non-hydrogen) atoms. The highest BCUT2D eigenvalue weighted by Crippen LogP contribution is 2.30. The Morgan fingerprint density at radius 2 is 1.84 bits per heavy atom. The molecule has 2 N–H and O–H groups in total. The standard InChI is InChI=1S/C23H22FN3O4/c1-23(2,14-6-8-15(24)9-7-14)26-20(29)16-5-3-4-13-12-27(22(31)19(13)16)17-10-11-18(28)25-21(17)30/h3-9,17H,10-12H2,1-2H3,(H,26,29)(H,25,28,30). The number of carbonyl (C=O) groups excluding carboxylic acids is 4. The van der Waals surface area contributed by atoms with Crippen molar-refractivity contribution in [1.82, 2.24) is 15.5 Å². The number of carbonyl (C=O) groups is 4. The summed E-state index contributed by atoms with van der Waals surface area (Å²) in [5, 5.41) is 5.18. The predicted octanol–water partition coefficient (Wildman–Crippen LogP) is 2.25. The molecule has 0 saturated carbocycles. The van der Waals surface area contributed by atoms with E-state index in [9.17, 15) is 23.6 Å². The van der Waals surface area contributed by atoms with Gasteiger partial charge in [0.15, 0.2) is 0 Å². The van der Waals surface area contributed by atoms with Crippen molar-refractivity contribution in [1.29, 1.82) is 0 Å². The Balaban J connectivity index is 1.59. The van der Waals surface area contributed by atoms with Gasteiger partial charge in [-0.1, -0.05) is 24.3 Å². The number of rotatable bonds is 4. The number of hydrogen-bond acceptors (Lipinski definition) is 4. The predicted molar refractivity (Wildman–Crippen MR) is 109 cm³/mol. The minimum atomic E-state index is -0.807. The van der Waals surface area contributed by atoms with Gasteiger partial charge in [0.25, 0.3) is 11.8 Å². The Morgan fingerprint density at radius 3 is 2.52 bits per heavy atom. The van der Waals surface area contributed by atoms with Crippen LogP contribution in [0.2, 0.25) is 0 Å². The lowest BCUT2D eigenvalue weighted by Gasteiger charge is -2.29. The Morgan fingerprint density at radius 1 is 1.13 bits per heavy atom. The molecule has 2 heterocycles. The zero-order valence-corrected chi connectivity index (χ0v) is 17.2. The number of amides is 4. The molecule has 1 fully saturated rings. The molecule has 1 saturated heterocycles. The van der Waals surface area contributed by atoms with E-state index in [1.807, 2.05) is 0 Å². The fourth-order valence-electron chi connectivity index (χ4n) is 4.09. The van der Waals surface area contributed by atoms with Crippen molar-refractivity contribution in [3.63, 3.8) is 0 Å². The molecule has 8 heteroatoms. The summed E-state index contributed by atoms with van der Waals surface area (Å²) in [4.78, 5) is 51.4. The van der Waals surface area contributed by atoms with Gasteiger partial charge in [0.2, 0.25) is 11.8 Å². The van der Waals surface area contributed by atoms with Crippen LogP contribution < -0.4 is 10.6 Å². The second kappa shape index (κ2) is 7.61. The largest absolute Gasteiger partial charge is 0.343 e. The summed E-state index contributed by atoms with van der Waals surface area (Å²) >= 11 is 0. The smallest absolute Gasteiger partial charge is 0.256 e. The molecule has 0 spiro atoms. The maximum atomic E-state index is 13.3. The maximum absolute atomic E-state index is 13.3. The Hall–Kier alpha value is -3.55. The van der Waals surface area contributed by atoms with Crippen LogP contribution in [-0.4, -0.2) is 34.6 Å². The minimum absolute atomic E-state index is 0.162. The SMILES string of the molecule is CC(C)(NC(=O)c1cccc2c1C(=O)N(C1CCC(=O)NC1=O)C2)c1ccc(F)cc1. The van der Waals surface area contributed by atoms with Crippen LogP contribution in [0.1, 0.15) is 58.5 Å². The van der Waals surface area contributed by atoms with Crippen LogP contribution in [0, 0.1) is 5.82 Å². The Bertz CT molecular complexity index is 1090. The van der Waals surface area contributed by atoms with Gasteiger partial charge in [-0.15, -0.1) is 0 Å². The summed E-state index contributed by atoms with van der Waals surface area (Å²) in [5.41, 5.74) is 1.04. The number of nitrogens with one attached hydrogen (secondary N) is 2. The van der Waals surface area contributed by atoms with Crippen molar-refractivity contribution in [2.24, 2.45) is 0 Å². The van der Waals surface area contributed by atoms with Crippen LogP contribution >= 0.6 is 0 Å². The molecule has 7 nitrogen and oxygen atoms in total. The van der Waals surface area contributed by atoms with E-state index < -0.39 is 29.3 Å². The number of hydrogen-bond donors (Lipinski definition) is 2. The van der Waals surface area contributed by atoms with E-state index in [1.54, 1.807) is 44.2 Å². The molecule has 2 aliphatic heterocycles. The summed E-state index contributed by atoms with van der Waals surface area (Å²) in [6.45, 7) is 3.78. The Kier molecular flexibility index (Phi) is 5.08. The fourth-order valence-corrected chi connectivity index (χ4v) is 4.09. The van der Waals surface area contributed by atoms with E-state index in [4.69, 9.17) is 0 Å². The van der Waals surface area contributed by atoms with E-state index in [0.29, 0.717) is 11.1 Å². The van der Waals surface area contributed by atoms with E-state index in [0.717, 1.165) is 0 Å². The molecule has 1 unspecified atom stereocenters. The topological polar surface area (TPSA) is 95.6 Å². The van der Waals surface area contributed by atoms with Crippen molar-refractivity contribution in [2.45, 2.75) is 44.8 Å². The zero-order valence-electron chi connectivity index (χ0n) is 17.2. The van der Waals surface area contributed by atoms with Crippen molar-refractivity contribution in [3.8, 4) is 0 Å². The van der Waals surface area contributed by atoms with E-state index >= 15 is 0 Å². The van der Waals surface area contributed by atoms with Gasteiger partial charge in [0.1, 0.15) is 11.9 Å². The van der Waals surface area contributed by atoms with Crippen molar-refractivity contribution >= 4 is 23.6 Å². The average molecular weight is 423 g/mol. The number of piperidine rings is 1. The first-order chi connectivity index (χ1) is 14.7. The molecule has 0 aromatic heterocycles. The summed E-state index contributed by atoms with van der Waals surface area (Å²) < 4.78 is 13.3. The summed E-state index contributed by atoms with van der Waals surface area (Å²) in [6.07, 6.45) is 0.416. The molecule has 2 aromatic rings. The lowest BCUT2D eigenvalue weighted by Crippen LogP contribution is -2.52. The third-order valence-electron chi connectivity index (χ3n) is 5.79. The quantitative estimate of drug-likeness (QED) is 0.738. The van der Waals surface area contributed by atoms with Crippen molar-refractivity contribution < 1.29 is 23.6 Å². The van der Waals surface area contributed by atoms with Gasteiger partial charge >= 0.3 is 0 Å². The molecule has 0 aliphatic carbocycles. The van der Waals surface area contributed by atoms with Gasteiger partial charge in [-0.25, -0.2) is 4.39 Å². The highest BCUT2D eigenvalue weighted by Gasteiger charge is 2.41. The molecule has 0 bridgehead atoms. The first kappa shape index (κ1) is 20.7. The Labute approximate surface area is 178 Å². The third kappa shape index (κ3) is 3.81. The summed E-state index contributed by atoms with van der Waals surface area (Å²) in [6, 6.07) is 10.1. The first-order valence-corrected chi connectivity index (χ1v) is 10.0. The average Bonchev–Trinajstić information content (AvgIpc) is 3.04. The normalized spacial score (nSPS) is 18.6. The maximum Gasteiger partial charge on any atom is 0.256 e. The van der Waals surface area contributed by atoms with Crippen LogP contribution in [0.4, 0.5) is 4.39 Å². The number of nitrogens with zero attached hydrogens (tertiary/aromatic N) is 1. The monoisotopic (exact) mass is 423 g/mol. The zero-order chi connectivity index (χ0) is 22.3. The van der Waals surface area contributed by atoms with Crippen LogP contribution in [0.3, 0.4) is 0 Å². The van der Waals surface area contributed by atoms with E-state index in [-0.39, 0.29) is 42.2 Å². The summed E-state index contributed by atoms with van der Waals surface area (Å²) in [7, 11) is 0. The van der Waals surface area contributed by atoms with Crippen LogP contribution in [0.15, 0.2) is 42.5 Å². The minimum Gasteiger partial charge on any atom is -0.343 e. The van der Waals surface area contributed by atoms with Crippen LogP contribution in [0.5, 0.6) is 0 Å². The number of fused-ring (bicyclic) bond motifs is 1. The molecule has 0 radical (unpaired) electrons. The number of benzene rings is 2. The highest BCUT2D eigenvalue weighted by atomic mass is 19.1. The third-order valence-corrected chi connectivity index (χ3v) is 5.79.